The van der Waals surface area contributed by atoms with Crippen molar-refractivity contribution in [2.24, 2.45) is 82.9 Å². The molecule has 2 aliphatic heterocycles. The summed E-state index contributed by atoms with van der Waals surface area (Å²) in [7, 11) is 14.3. The first-order valence-electron chi connectivity index (χ1n) is 54.0. The average Bonchev–Trinajstić information content (AvgIpc) is 1.75. The van der Waals surface area contributed by atoms with Crippen LogP contribution in [0.4, 0.5) is 0 Å². The summed E-state index contributed by atoms with van der Waals surface area (Å²) in [6.07, 6.45) is 5.14. The summed E-state index contributed by atoms with van der Waals surface area (Å²) < 4.78 is 57.4. The van der Waals surface area contributed by atoms with E-state index < -0.39 is 59.8 Å². The fourth-order valence-corrected chi connectivity index (χ4v) is 20.9. The van der Waals surface area contributed by atoms with Gasteiger partial charge in [-0.1, -0.05) is 191 Å². The molecule has 2 aromatic carbocycles. The average molecular weight is 2040 g/mol. The number of nitrogens with one attached hydrogen (secondary N) is 3. The van der Waals surface area contributed by atoms with Gasteiger partial charge in [0.25, 0.3) is 0 Å². The van der Waals surface area contributed by atoms with E-state index in [0.29, 0.717) is 64.8 Å². The molecule has 826 valence electrons. The summed E-state index contributed by atoms with van der Waals surface area (Å²) >= 11 is 0. The molecule has 2 aliphatic rings. The lowest BCUT2D eigenvalue weighted by Gasteiger charge is -2.41. The number of rotatable bonds is 80. The van der Waals surface area contributed by atoms with Crippen LogP contribution in [-0.4, -0.2) is 367 Å². The lowest BCUT2D eigenvalue weighted by molar-refractivity contribution is -0.149. The van der Waals surface area contributed by atoms with Crippen LogP contribution in [-0.2, 0) is 123 Å². The third-order valence-corrected chi connectivity index (χ3v) is 29.4. The highest BCUT2D eigenvalue weighted by Crippen LogP contribution is 2.37. The Morgan fingerprint density at radius 1 is 0.407 bits per heavy atom. The number of carbonyl (C=O) groups excluding carboxylic acids is 13. The second kappa shape index (κ2) is 70.9. The number of methoxy groups -OCH3 is 2. The molecule has 2 saturated heterocycles. The minimum absolute atomic E-state index is 0.00666. The van der Waals surface area contributed by atoms with E-state index in [1.54, 1.807) is 49.8 Å². The minimum atomic E-state index is -0.699. The highest BCUT2D eigenvalue weighted by molar-refractivity contribution is 5.93. The number of ketones is 5. The van der Waals surface area contributed by atoms with Crippen LogP contribution in [0.2, 0.25) is 0 Å². The number of carbonyl (C=O) groups is 13. The zero-order valence-corrected chi connectivity index (χ0v) is 93.3. The van der Waals surface area contributed by atoms with E-state index in [2.05, 4.69) is 43.6 Å². The molecule has 2 heterocycles. The maximum Gasteiger partial charge on any atom is 0.246 e. The number of hydrogen-bond donors (Lipinski definition) is 3. The molecule has 18 atom stereocenters. The number of amides is 8. The molecule has 33 heteroatoms. The van der Waals surface area contributed by atoms with Crippen molar-refractivity contribution in [2.45, 2.75) is 275 Å². The number of likely N-dealkylation sites (N-methyl/N-ethyl adjacent to an activating group) is 3. The number of Topliss-reactive ketones (excluding diaryl/α,β-unsaturated/α-hetero) is 5. The van der Waals surface area contributed by atoms with Crippen LogP contribution >= 0.6 is 0 Å². The molecule has 33 nitrogen and oxygen atoms in total. The lowest BCUT2D eigenvalue weighted by atomic mass is 9.80. The second-order valence-corrected chi connectivity index (χ2v) is 42.1. The van der Waals surface area contributed by atoms with Crippen LogP contribution in [0.3, 0.4) is 0 Å². The van der Waals surface area contributed by atoms with Gasteiger partial charge in [-0.25, -0.2) is 0 Å². The van der Waals surface area contributed by atoms with Gasteiger partial charge in [-0.05, 0) is 132 Å². The molecule has 0 spiro atoms. The van der Waals surface area contributed by atoms with E-state index in [9.17, 15) is 62.3 Å². The molecule has 4 rings (SSSR count). The van der Waals surface area contributed by atoms with E-state index in [0.717, 1.165) is 30.4 Å². The Kier molecular flexibility index (Phi) is 63.3. The molecule has 2 fully saturated rings. The molecule has 3 N–H and O–H groups in total. The van der Waals surface area contributed by atoms with Gasteiger partial charge in [0.05, 0.1) is 135 Å². The molecule has 0 bridgehead atoms. The molecule has 2 aromatic rings. The Morgan fingerprint density at radius 2 is 0.807 bits per heavy atom. The molecule has 8 amide bonds. The standard InChI is InChI=1S/C112H190N10O23/c1-26-80(12)106(118(22)111(134)91(76(4)5)71-97(126)104(78(8)9)116(18)19)82(14)66-102(130)121-49-36-43-93(121)83(15)84(16)95(124)69-88(67-86-38-31-29-32-39-86)109(132)114-46-52-138-55-57-141-59-61-143-63-65-145-75-100(128)113-45-51-120(101(129)28-3)48-35-42-90(123)74-144-64-62-142-60-58-140-56-54-139-53-47-115-110(133)89(68-87-40-33-30-34-41-87)70-96(125)85(17)108(137-25)94-44-37-50-122(94)103(131)73-99(136-24)107(81(13)27-2)119(23)112(135)92(77(6)7)72-98(127)105(79(10)11)117(20)21/h29-34,38-41,76-85,88-89,91-94,99,104-108H,26-28,35-37,42-75H2,1-25H3,(H,113,128)(H,114,132)(H,115,133)/t80?,81?,82?,83?,84?,85?,88-,89-,91+,92+,93?,94?,99?,104?,105?,106?,107?,108?/m1/s1. The summed E-state index contributed by atoms with van der Waals surface area (Å²) in [6, 6.07) is 17.3. The topological polar surface area (TPSA) is 373 Å². The second-order valence-electron chi connectivity index (χ2n) is 42.1. The SMILES string of the molecule is CCC(=O)N(CCCC(=O)COCCOCCOCCOCCNC(=O)[C@@H](CC(=O)C(C)C(OC)C1CCCN1C(=O)CC(OC)C(C(C)CC)N(C)C(=O)[C@@H](CC(=O)C(C(C)C)N(C)C)C(C)C)Cc1ccccc1)CCNC(=O)COCCOCCOCCOCCNC(=O)[C@@H](CC(=O)C(C)C(C)C1CCCN1C(=O)CC(C)C(C(C)CC)N(C)C(=O)[C@@H](CC(=O)C(C(C)C)N(C)C)C(C)C)Cc1ccccc1. The third kappa shape index (κ3) is 45.4. The van der Waals surface area contributed by atoms with Gasteiger partial charge in [-0.2, -0.15) is 0 Å². The van der Waals surface area contributed by atoms with Gasteiger partial charge < -0.3 is 87.8 Å². The Labute approximate surface area is 869 Å². The molecule has 145 heavy (non-hydrogen) atoms. The van der Waals surface area contributed by atoms with Gasteiger partial charge in [-0.15, -0.1) is 0 Å². The first kappa shape index (κ1) is 129. The Bertz CT molecular complexity index is 4090. The zero-order chi connectivity index (χ0) is 108. The summed E-state index contributed by atoms with van der Waals surface area (Å²) in [6.45, 7) is 39.4. The highest BCUT2D eigenvalue weighted by Gasteiger charge is 2.46. The van der Waals surface area contributed by atoms with Crippen LogP contribution in [0, 0.1) is 82.9 Å². The van der Waals surface area contributed by atoms with Crippen molar-refractivity contribution < 1.29 is 110 Å². The van der Waals surface area contributed by atoms with Crippen molar-refractivity contribution >= 4 is 76.2 Å². The summed E-state index contributed by atoms with van der Waals surface area (Å²) in [4.78, 5) is 193. The maximum atomic E-state index is 14.6. The van der Waals surface area contributed by atoms with Gasteiger partial charge in [0.2, 0.25) is 47.3 Å². The normalized spacial score (nSPS) is 17.3. The van der Waals surface area contributed by atoms with E-state index in [1.165, 1.54) is 0 Å². The Balaban J connectivity index is 1.06. The van der Waals surface area contributed by atoms with Crippen molar-refractivity contribution in [2.75, 3.05) is 208 Å². The lowest BCUT2D eigenvalue weighted by Crippen LogP contribution is -2.54. The Hall–Kier alpha value is -7.93. The predicted molar refractivity (Wildman–Crippen MR) is 563 cm³/mol. The monoisotopic (exact) mass is 2040 g/mol. The van der Waals surface area contributed by atoms with Crippen molar-refractivity contribution in [1.29, 1.82) is 0 Å². The number of ether oxygens (including phenoxy) is 10. The van der Waals surface area contributed by atoms with Crippen molar-refractivity contribution in [3.63, 3.8) is 0 Å². The van der Waals surface area contributed by atoms with Gasteiger partial charge >= 0.3 is 0 Å². The first-order valence-corrected chi connectivity index (χ1v) is 54.0. The smallest absolute Gasteiger partial charge is 0.246 e. The Morgan fingerprint density at radius 3 is 1.22 bits per heavy atom. The van der Waals surface area contributed by atoms with E-state index in [4.69, 9.17) is 47.4 Å². The fraction of sp³-hybridized carbons (Fsp3) is 0.777. The largest absolute Gasteiger partial charge is 0.379 e. The number of likely N-dealkylation sites (tertiary alicyclic amines) is 2. The van der Waals surface area contributed by atoms with Gasteiger partial charge in [0.15, 0.2) is 17.3 Å². The van der Waals surface area contributed by atoms with E-state index >= 15 is 0 Å². The number of benzene rings is 2. The molecule has 0 aliphatic carbocycles. The highest BCUT2D eigenvalue weighted by atomic mass is 16.6. The number of nitrogens with zero attached hydrogens (tertiary/aromatic N) is 7. The predicted octanol–water partition coefficient (Wildman–Crippen LogP) is 11.4. The molecule has 14 unspecified atom stereocenters. The van der Waals surface area contributed by atoms with Crippen molar-refractivity contribution in [3.05, 3.63) is 71.8 Å². The molecule has 0 aromatic heterocycles. The van der Waals surface area contributed by atoms with Crippen molar-refractivity contribution in [3.8, 4) is 0 Å². The minimum Gasteiger partial charge on any atom is -0.379 e. The maximum absolute atomic E-state index is 14.6. The summed E-state index contributed by atoms with van der Waals surface area (Å²) in [5.74, 6) is -5.42. The van der Waals surface area contributed by atoms with Crippen LogP contribution in [0.15, 0.2) is 60.7 Å². The third-order valence-electron chi connectivity index (χ3n) is 29.4. The summed E-state index contributed by atoms with van der Waals surface area (Å²) in [5, 5.41) is 8.74. The van der Waals surface area contributed by atoms with Crippen LogP contribution in [0.5, 0.6) is 0 Å². The van der Waals surface area contributed by atoms with Gasteiger partial charge in [0.1, 0.15) is 24.8 Å². The molecular formula is C112H190N10O23. The molecule has 0 saturated carbocycles. The zero-order valence-electron chi connectivity index (χ0n) is 93.3. The summed E-state index contributed by atoms with van der Waals surface area (Å²) in [5.41, 5.74) is 1.84. The molecule has 0 radical (unpaired) electrons. The number of hydrogen-bond acceptors (Lipinski definition) is 25. The molecular weight excluding hydrogens is 1850 g/mol. The first-order chi connectivity index (χ1) is 69.0. The van der Waals surface area contributed by atoms with E-state index in [1.807, 2.05) is 192 Å². The quantitative estimate of drug-likeness (QED) is 0.0518. The van der Waals surface area contributed by atoms with Gasteiger partial charge in [-0.3, -0.25) is 72.1 Å². The van der Waals surface area contributed by atoms with Crippen LogP contribution in [0.25, 0.3) is 0 Å². The van der Waals surface area contributed by atoms with Crippen molar-refractivity contribution in [1.82, 2.24) is 50.2 Å². The fourth-order valence-electron chi connectivity index (χ4n) is 20.9. The van der Waals surface area contributed by atoms with E-state index in [-0.39, 0.29) is 324 Å². The van der Waals surface area contributed by atoms with Gasteiger partial charge in [0, 0.05) is 167 Å². The van der Waals surface area contributed by atoms with Crippen LogP contribution in [0.1, 0.15) is 225 Å². The van der Waals surface area contributed by atoms with Crippen LogP contribution < -0.4 is 16.0 Å².